The lowest BCUT2D eigenvalue weighted by Crippen LogP contribution is -2.34. The van der Waals surface area contributed by atoms with Crippen molar-refractivity contribution in [1.82, 2.24) is 43.6 Å². The molecule has 6 rings (SSSR count). The number of fused-ring (bicyclic) bond motifs is 2. The van der Waals surface area contributed by atoms with E-state index in [9.17, 15) is 9.59 Å². The molecule has 5 heterocycles. The van der Waals surface area contributed by atoms with Gasteiger partial charge < -0.3 is 11.1 Å². The van der Waals surface area contributed by atoms with Crippen molar-refractivity contribution in [1.29, 1.82) is 0 Å². The standard InChI is InChI=1S/C27H22N10O2/c1-17(32-26(38)23-24(28)33-35-12-6-11-29-25(23)35)21-13-22-30-15-20(10-9-18-14-31-34(2)16-18)37(22)27(39)36(21)19-7-4-3-5-8-19/h3-8,11-17H,1-2H3,(H2,28,33)(H,32,38)/t17-/m1/s1. The van der Waals surface area contributed by atoms with Crippen LogP contribution in [0.2, 0.25) is 0 Å². The topological polar surface area (TPSA) is 142 Å². The van der Waals surface area contributed by atoms with Gasteiger partial charge in [0.15, 0.2) is 11.5 Å². The molecule has 0 aliphatic rings. The maximum absolute atomic E-state index is 13.9. The summed E-state index contributed by atoms with van der Waals surface area (Å²) in [6.45, 7) is 1.78. The summed E-state index contributed by atoms with van der Waals surface area (Å²) in [5.74, 6) is 5.63. The normalized spacial score (nSPS) is 11.8. The number of anilines is 1. The molecule has 39 heavy (non-hydrogen) atoms. The van der Waals surface area contributed by atoms with Gasteiger partial charge in [0.25, 0.3) is 5.91 Å². The first kappa shape index (κ1) is 23.7. The van der Waals surface area contributed by atoms with Crippen LogP contribution in [0.15, 0.2) is 78.2 Å². The Hall–Kier alpha value is -5.70. The number of rotatable bonds is 4. The number of para-hydroxylation sites is 1. The Morgan fingerprint density at radius 1 is 1.10 bits per heavy atom. The number of aromatic nitrogens is 8. The monoisotopic (exact) mass is 518 g/mol. The number of amides is 1. The highest BCUT2D eigenvalue weighted by molar-refractivity contribution is 6.04. The van der Waals surface area contributed by atoms with Crippen molar-refractivity contribution >= 4 is 23.0 Å². The Kier molecular flexibility index (Phi) is 5.65. The van der Waals surface area contributed by atoms with Crippen molar-refractivity contribution < 1.29 is 4.79 Å². The lowest BCUT2D eigenvalue weighted by molar-refractivity contribution is 0.0941. The summed E-state index contributed by atoms with van der Waals surface area (Å²) in [6, 6.07) is 12.0. The molecule has 0 aliphatic heterocycles. The SMILES string of the molecule is C[C@@H](NC(=O)c1c(N)nn2cccnc12)c1cc2ncc(C#Cc3cnn(C)c3)n2c(=O)n1-c1ccccc1. The van der Waals surface area contributed by atoms with Crippen LogP contribution in [0.5, 0.6) is 0 Å². The summed E-state index contributed by atoms with van der Waals surface area (Å²) in [7, 11) is 1.81. The number of nitrogen functional groups attached to an aromatic ring is 1. The number of imidazole rings is 1. The van der Waals surface area contributed by atoms with Crippen molar-refractivity contribution in [3.8, 4) is 17.5 Å². The first-order valence-corrected chi connectivity index (χ1v) is 12.0. The molecule has 3 N–H and O–H groups in total. The number of nitrogens with two attached hydrogens (primary N) is 1. The number of aryl methyl sites for hydroxylation is 1. The molecule has 0 saturated carbocycles. The van der Waals surface area contributed by atoms with E-state index >= 15 is 0 Å². The van der Waals surface area contributed by atoms with Crippen LogP contribution in [-0.2, 0) is 7.05 Å². The van der Waals surface area contributed by atoms with E-state index in [0.29, 0.717) is 33.9 Å². The highest BCUT2D eigenvalue weighted by Crippen LogP contribution is 2.21. The Bertz CT molecular complexity index is 1990. The number of nitrogens with one attached hydrogen (secondary N) is 1. The molecule has 1 aromatic carbocycles. The number of carbonyl (C=O) groups excluding carboxylic acids is 1. The molecule has 0 radical (unpaired) electrons. The van der Waals surface area contributed by atoms with Gasteiger partial charge in [-0.3, -0.25) is 14.0 Å². The van der Waals surface area contributed by atoms with Gasteiger partial charge in [-0.1, -0.05) is 24.1 Å². The Labute approximate surface area is 221 Å². The minimum Gasteiger partial charge on any atom is -0.381 e. The number of nitrogens with zero attached hydrogens (tertiary/aromatic N) is 8. The molecule has 1 atom stereocenters. The van der Waals surface area contributed by atoms with E-state index in [1.54, 1.807) is 61.8 Å². The van der Waals surface area contributed by atoms with Gasteiger partial charge in [-0.15, -0.1) is 5.10 Å². The molecule has 0 unspecified atom stereocenters. The van der Waals surface area contributed by atoms with Crippen molar-refractivity contribution in [3.05, 3.63) is 106 Å². The molecule has 0 saturated heterocycles. The predicted molar refractivity (Wildman–Crippen MR) is 143 cm³/mol. The molecule has 6 aromatic rings. The van der Waals surface area contributed by atoms with Gasteiger partial charge in [0.2, 0.25) is 0 Å². The summed E-state index contributed by atoms with van der Waals surface area (Å²) in [4.78, 5) is 35.9. The second-order valence-electron chi connectivity index (χ2n) is 8.86. The van der Waals surface area contributed by atoms with Gasteiger partial charge in [0, 0.05) is 31.7 Å². The average Bonchev–Trinajstić information content (AvgIpc) is 3.63. The third kappa shape index (κ3) is 4.17. The molecule has 192 valence electrons. The van der Waals surface area contributed by atoms with E-state index in [-0.39, 0.29) is 17.1 Å². The van der Waals surface area contributed by atoms with E-state index in [2.05, 4.69) is 37.3 Å². The van der Waals surface area contributed by atoms with Gasteiger partial charge in [-0.05, 0) is 31.0 Å². The second-order valence-corrected chi connectivity index (χ2v) is 8.86. The van der Waals surface area contributed by atoms with E-state index < -0.39 is 11.9 Å². The largest absolute Gasteiger partial charge is 0.381 e. The number of hydrogen-bond acceptors (Lipinski definition) is 7. The molecule has 0 bridgehead atoms. The number of carbonyl (C=O) groups is 1. The van der Waals surface area contributed by atoms with Gasteiger partial charge in [-0.2, -0.15) is 5.10 Å². The molecule has 12 heteroatoms. The Morgan fingerprint density at radius 2 is 1.92 bits per heavy atom. The van der Waals surface area contributed by atoms with Crippen LogP contribution in [0.1, 0.15) is 40.3 Å². The lowest BCUT2D eigenvalue weighted by Gasteiger charge is -2.20. The van der Waals surface area contributed by atoms with Gasteiger partial charge in [0.1, 0.15) is 16.9 Å². The van der Waals surface area contributed by atoms with Crippen LogP contribution in [0, 0.1) is 11.8 Å². The highest BCUT2D eigenvalue weighted by Gasteiger charge is 2.24. The van der Waals surface area contributed by atoms with Crippen LogP contribution in [0.25, 0.3) is 17.0 Å². The Balaban J connectivity index is 1.45. The summed E-state index contributed by atoms with van der Waals surface area (Å²) in [5, 5.41) is 11.2. The third-order valence-corrected chi connectivity index (χ3v) is 6.20. The van der Waals surface area contributed by atoms with E-state index in [1.807, 2.05) is 30.3 Å². The summed E-state index contributed by atoms with van der Waals surface area (Å²) < 4.78 is 6.08. The molecular weight excluding hydrogens is 496 g/mol. The first-order chi connectivity index (χ1) is 18.9. The lowest BCUT2D eigenvalue weighted by atomic mass is 10.1. The van der Waals surface area contributed by atoms with E-state index in [1.165, 1.54) is 13.5 Å². The third-order valence-electron chi connectivity index (χ3n) is 6.20. The molecule has 0 fully saturated rings. The zero-order valence-electron chi connectivity index (χ0n) is 21.0. The summed E-state index contributed by atoms with van der Waals surface area (Å²) in [5.41, 5.74) is 8.84. The molecule has 1 amide bonds. The smallest absolute Gasteiger partial charge is 0.339 e. The average molecular weight is 519 g/mol. The zero-order valence-corrected chi connectivity index (χ0v) is 21.0. The maximum atomic E-state index is 13.9. The Morgan fingerprint density at radius 3 is 2.69 bits per heavy atom. The van der Waals surface area contributed by atoms with E-state index in [0.717, 1.165) is 0 Å². The van der Waals surface area contributed by atoms with Crippen molar-refractivity contribution in [3.63, 3.8) is 0 Å². The van der Waals surface area contributed by atoms with Crippen molar-refractivity contribution in [2.24, 2.45) is 7.05 Å². The highest BCUT2D eigenvalue weighted by atomic mass is 16.2. The van der Waals surface area contributed by atoms with Crippen LogP contribution in [0.3, 0.4) is 0 Å². The van der Waals surface area contributed by atoms with E-state index in [4.69, 9.17) is 5.73 Å². The number of benzene rings is 1. The zero-order chi connectivity index (χ0) is 27.1. The minimum atomic E-state index is -0.616. The second kappa shape index (κ2) is 9.31. The molecule has 12 nitrogen and oxygen atoms in total. The van der Waals surface area contributed by atoms with Crippen LogP contribution < -0.4 is 16.7 Å². The fraction of sp³-hybridized carbons (Fsp3) is 0.111. The van der Waals surface area contributed by atoms with Crippen LogP contribution in [-0.4, -0.2) is 44.2 Å². The number of hydrogen-bond donors (Lipinski definition) is 2. The van der Waals surface area contributed by atoms with Crippen molar-refractivity contribution in [2.75, 3.05) is 5.73 Å². The molecule has 0 spiro atoms. The molecule has 0 aliphatic carbocycles. The summed E-state index contributed by atoms with van der Waals surface area (Å²) >= 11 is 0. The minimum absolute atomic E-state index is 0.0550. The predicted octanol–water partition coefficient (Wildman–Crippen LogP) is 1.73. The fourth-order valence-corrected chi connectivity index (χ4v) is 4.41. The summed E-state index contributed by atoms with van der Waals surface area (Å²) in [6.07, 6.45) is 8.20. The van der Waals surface area contributed by atoms with Crippen LogP contribution >= 0.6 is 0 Å². The van der Waals surface area contributed by atoms with Crippen LogP contribution in [0.4, 0.5) is 5.82 Å². The molecular formula is C27H22N10O2. The molecule has 5 aromatic heterocycles. The maximum Gasteiger partial charge on any atom is 0.339 e. The van der Waals surface area contributed by atoms with Gasteiger partial charge in [0.05, 0.1) is 35.4 Å². The van der Waals surface area contributed by atoms with Crippen molar-refractivity contribution in [2.45, 2.75) is 13.0 Å². The van der Waals surface area contributed by atoms with Gasteiger partial charge in [-0.25, -0.2) is 23.7 Å². The van der Waals surface area contributed by atoms with Gasteiger partial charge >= 0.3 is 5.69 Å². The first-order valence-electron chi connectivity index (χ1n) is 12.0. The fourth-order valence-electron chi connectivity index (χ4n) is 4.41. The quantitative estimate of drug-likeness (QED) is 0.339.